The van der Waals surface area contributed by atoms with Crippen molar-refractivity contribution in [3.63, 3.8) is 0 Å². The van der Waals surface area contributed by atoms with Gasteiger partial charge in [-0.3, -0.25) is 0 Å². The lowest BCUT2D eigenvalue weighted by Crippen LogP contribution is -2.25. The molecule has 2 rings (SSSR count). The van der Waals surface area contributed by atoms with E-state index in [9.17, 15) is 17.3 Å². The van der Waals surface area contributed by atoms with E-state index in [1.54, 1.807) is 0 Å². The van der Waals surface area contributed by atoms with Crippen LogP contribution in [0.2, 0.25) is 0 Å². The van der Waals surface area contributed by atoms with Gasteiger partial charge in [0.1, 0.15) is 0 Å². The number of halogens is 4. The van der Waals surface area contributed by atoms with E-state index in [1.807, 2.05) is 6.08 Å². The number of hydrogen-bond donors (Lipinski definition) is 0. The van der Waals surface area contributed by atoms with Crippen LogP contribution in [-0.4, -0.2) is 25.4 Å². The third-order valence-corrected chi connectivity index (χ3v) is 3.05. The molecule has 0 atom stereocenters. The number of hydrogen-bond acceptors (Lipinski definition) is 2. The van der Waals surface area contributed by atoms with Crippen molar-refractivity contribution in [1.29, 1.82) is 0 Å². The molecule has 0 unspecified atom stereocenters. The predicted molar refractivity (Wildman–Crippen MR) is 84.8 cm³/mol. The zero-order valence-corrected chi connectivity index (χ0v) is 12.6. The molecule has 0 aromatic heterocycles. The van der Waals surface area contributed by atoms with Gasteiger partial charge in [0.25, 0.3) is 0 Å². The Bertz CT molecular complexity index is 479. The summed E-state index contributed by atoms with van der Waals surface area (Å²) < 4.78 is 39.0. The molecular weight excluding hydrogens is 295 g/mol. The Kier molecular flexibility index (Phi) is 7.01. The topological polar surface area (TPSA) is 6.48 Å². The minimum absolute atomic E-state index is 0.966. The number of nitrogens with zero attached hydrogens (tertiary/aromatic N) is 2. The van der Waals surface area contributed by atoms with Gasteiger partial charge >= 0.3 is 7.25 Å². The van der Waals surface area contributed by atoms with E-state index in [-0.39, 0.29) is 0 Å². The lowest BCUT2D eigenvalue weighted by atomic mass is 10.2. The van der Waals surface area contributed by atoms with Crippen molar-refractivity contribution in [1.82, 2.24) is 4.90 Å². The van der Waals surface area contributed by atoms with E-state index in [2.05, 4.69) is 60.0 Å². The van der Waals surface area contributed by atoms with Gasteiger partial charge in [0.05, 0.1) is 6.67 Å². The standard InChI is InChI=1S/C15H20N2.BF4/c1-3-5-10-16-11-12-17(13-16)15-8-6-14(4-2)7-9-15;2-1(3,4)5/h4,6-9,11-12H,2-3,5,10,13H2,1H3;/q;-1. The van der Waals surface area contributed by atoms with Gasteiger partial charge in [-0.05, 0) is 24.1 Å². The van der Waals surface area contributed by atoms with E-state index in [0.29, 0.717) is 0 Å². The molecule has 2 nitrogen and oxygen atoms in total. The van der Waals surface area contributed by atoms with Gasteiger partial charge in [0.2, 0.25) is 0 Å². The van der Waals surface area contributed by atoms with Crippen LogP contribution in [0.5, 0.6) is 0 Å². The van der Waals surface area contributed by atoms with Crippen LogP contribution in [0.3, 0.4) is 0 Å². The fourth-order valence-corrected chi connectivity index (χ4v) is 1.94. The molecule has 1 aliphatic rings. The first kappa shape index (κ1) is 18.1. The maximum atomic E-state index is 9.75. The molecule has 1 aliphatic heterocycles. The van der Waals surface area contributed by atoms with E-state index in [1.165, 1.54) is 24.1 Å². The quantitative estimate of drug-likeness (QED) is 0.558. The average molecular weight is 315 g/mol. The van der Waals surface area contributed by atoms with Crippen LogP contribution in [0.15, 0.2) is 43.2 Å². The van der Waals surface area contributed by atoms with Crippen molar-refractivity contribution in [2.24, 2.45) is 0 Å². The lowest BCUT2D eigenvalue weighted by molar-refractivity contribution is 0.368. The number of rotatable bonds is 5. The Hall–Kier alpha value is -1.92. The average Bonchev–Trinajstić information content (AvgIpc) is 2.92. The third-order valence-electron chi connectivity index (χ3n) is 3.05. The fourth-order valence-electron chi connectivity index (χ4n) is 1.94. The molecule has 122 valence electrons. The lowest BCUT2D eigenvalue weighted by Gasteiger charge is -2.21. The summed E-state index contributed by atoms with van der Waals surface area (Å²) in [6.45, 7) is 8.11. The van der Waals surface area contributed by atoms with Gasteiger partial charge in [-0.2, -0.15) is 0 Å². The van der Waals surface area contributed by atoms with Gasteiger partial charge in [0, 0.05) is 24.6 Å². The first-order chi connectivity index (χ1) is 10.3. The van der Waals surface area contributed by atoms with Crippen molar-refractivity contribution < 1.29 is 17.3 Å². The number of unbranched alkanes of at least 4 members (excludes halogenated alkanes) is 1. The predicted octanol–water partition coefficient (Wildman–Crippen LogP) is 4.98. The van der Waals surface area contributed by atoms with Crippen LogP contribution in [0.1, 0.15) is 25.3 Å². The number of benzene rings is 1. The second-order valence-corrected chi connectivity index (χ2v) is 4.87. The highest BCUT2D eigenvalue weighted by Crippen LogP contribution is 2.20. The van der Waals surface area contributed by atoms with Crippen molar-refractivity contribution in [2.45, 2.75) is 19.8 Å². The van der Waals surface area contributed by atoms with Crippen molar-refractivity contribution >= 4 is 19.0 Å². The van der Waals surface area contributed by atoms with Gasteiger partial charge < -0.3 is 27.1 Å². The van der Waals surface area contributed by atoms with Crippen LogP contribution in [-0.2, 0) is 0 Å². The summed E-state index contributed by atoms with van der Waals surface area (Å²) in [5, 5.41) is 0. The molecule has 0 radical (unpaired) electrons. The molecule has 7 heteroatoms. The molecule has 22 heavy (non-hydrogen) atoms. The molecule has 0 saturated carbocycles. The zero-order valence-electron chi connectivity index (χ0n) is 12.6. The highest BCUT2D eigenvalue weighted by atomic mass is 19.5. The molecule has 1 aromatic carbocycles. The molecular formula is C15H20BF4N2-. The second kappa shape index (κ2) is 8.51. The van der Waals surface area contributed by atoms with Crippen molar-refractivity contribution in [3.8, 4) is 0 Å². The monoisotopic (exact) mass is 315 g/mol. The fraction of sp³-hybridized carbons (Fsp3) is 0.333. The van der Waals surface area contributed by atoms with Gasteiger partial charge in [0.15, 0.2) is 0 Å². The minimum atomic E-state index is -6.00. The molecule has 0 fully saturated rings. The molecule has 0 spiro atoms. The Morgan fingerprint density at radius 2 is 1.73 bits per heavy atom. The molecule has 1 aromatic rings. The summed E-state index contributed by atoms with van der Waals surface area (Å²) in [7, 11) is -6.00. The molecule has 0 saturated heterocycles. The summed E-state index contributed by atoms with van der Waals surface area (Å²) in [6.07, 6.45) is 8.71. The van der Waals surface area contributed by atoms with Gasteiger partial charge in [-0.15, -0.1) is 0 Å². The molecule has 1 heterocycles. The zero-order chi connectivity index (χ0) is 16.6. The highest BCUT2D eigenvalue weighted by Gasteiger charge is 2.20. The first-order valence-corrected chi connectivity index (χ1v) is 7.12. The van der Waals surface area contributed by atoms with Crippen LogP contribution in [0, 0.1) is 0 Å². The summed E-state index contributed by atoms with van der Waals surface area (Å²) in [6, 6.07) is 8.49. The largest absolute Gasteiger partial charge is 0.673 e. The minimum Gasteiger partial charge on any atom is -0.418 e. The second-order valence-electron chi connectivity index (χ2n) is 4.87. The van der Waals surface area contributed by atoms with Crippen LogP contribution in [0.25, 0.3) is 6.08 Å². The highest BCUT2D eigenvalue weighted by molar-refractivity contribution is 6.50. The van der Waals surface area contributed by atoms with E-state index in [0.717, 1.165) is 13.2 Å². The first-order valence-electron chi connectivity index (χ1n) is 7.12. The molecule has 0 amide bonds. The van der Waals surface area contributed by atoms with E-state index >= 15 is 0 Å². The molecule has 0 aliphatic carbocycles. The summed E-state index contributed by atoms with van der Waals surface area (Å²) >= 11 is 0. The third kappa shape index (κ3) is 7.20. The maximum Gasteiger partial charge on any atom is 0.673 e. The summed E-state index contributed by atoms with van der Waals surface area (Å²) in [5.41, 5.74) is 2.41. The van der Waals surface area contributed by atoms with E-state index in [4.69, 9.17) is 0 Å². The Balaban J connectivity index is 0.000000422. The van der Waals surface area contributed by atoms with Crippen LogP contribution in [0.4, 0.5) is 23.0 Å². The Morgan fingerprint density at radius 3 is 2.23 bits per heavy atom. The van der Waals surface area contributed by atoms with Crippen molar-refractivity contribution in [3.05, 3.63) is 48.8 Å². The Morgan fingerprint density at radius 1 is 1.14 bits per heavy atom. The molecule has 0 bridgehead atoms. The van der Waals surface area contributed by atoms with E-state index < -0.39 is 7.25 Å². The van der Waals surface area contributed by atoms with Gasteiger partial charge in [-0.1, -0.05) is 38.1 Å². The SMILES string of the molecule is C=Cc1ccc(N2C=CN(CCCC)C2)cc1.F[B-](F)(F)F. The summed E-state index contributed by atoms with van der Waals surface area (Å²) in [4.78, 5) is 4.62. The molecule has 0 N–H and O–H groups in total. The normalized spacial score (nSPS) is 13.9. The van der Waals surface area contributed by atoms with Crippen LogP contribution >= 0.6 is 0 Å². The van der Waals surface area contributed by atoms with Crippen LogP contribution < -0.4 is 4.90 Å². The maximum absolute atomic E-state index is 9.75. The van der Waals surface area contributed by atoms with Crippen molar-refractivity contribution in [2.75, 3.05) is 18.1 Å². The summed E-state index contributed by atoms with van der Waals surface area (Å²) in [5.74, 6) is 0. The smallest absolute Gasteiger partial charge is 0.418 e. The van der Waals surface area contributed by atoms with Gasteiger partial charge in [-0.25, -0.2) is 0 Å². The number of anilines is 1. The Labute approximate surface area is 128 Å².